The Hall–Kier alpha value is -3.27. The van der Waals surface area contributed by atoms with E-state index in [0.717, 1.165) is 17.7 Å². The molecule has 0 bridgehead atoms. The molecule has 0 aliphatic carbocycles. The lowest BCUT2D eigenvalue weighted by Crippen LogP contribution is -2.48. The second-order valence-corrected chi connectivity index (χ2v) is 5.57. The minimum absolute atomic E-state index is 0.276. The van der Waals surface area contributed by atoms with E-state index in [2.05, 4.69) is 9.89 Å². The number of nitrogens with one attached hydrogen (secondary N) is 1. The third-order valence-electron chi connectivity index (χ3n) is 3.70. The normalized spacial score (nSPS) is 16.5. The fourth-order valence-corrected chi connectivity index (χ4v) is 2.54. The summed E-state index contributed by atoms with van der Waals surface area (Å²) < 4.78 is 40.7. The van der Waals surface area contributed by atoms with Crippen molar-refractivity contribution in [2.45, 2.75) is 19.1 Å². The fourth-order valence-electron chi connectivity index (χ4n) is 2.54. The molecule has 3 N–H and O–H groups in total. The molecule has 1 atom stereocenters. The summed E-state index contributed by atoms with van der Waals surface area (Å²) in [6.45, 7) is 0.276. The van der Waals surface area contributed by atoms with Gasteiger partial charge in [-0.3, -0.25) is 10.2 Å². The van der Waals surface area contributed by atoms with Crippen molar-refractivity contribution in [1.82, 2.24) is 10.3 Å². The Labute approximate surface area is 152 Å². The minimum Gasteiger partial charge on any atom is -0.406 e. The lowest BCUT2D eigenvalue weighted by Gasteiger charge is -2.24. The maximum atomic E-state index is 12.3. The second kappa shape index (κ2) is 7.54. The first-order chi connectivity index (χ1) is 12.9. The van der Waals surface area contributed by atoms with Gasteiger partial charge in [0.05, 0.1) is 0 Å². The van der Waals surface area contributed by atoms with Crippen molar-refractivity contribution in [2.24, 2.45) is 11.0 Å². The third-order valence-corrected chi connectivity index (χ3v) is 3.70. The Morgan fingerprint density at radius 1 is 1.19 bits per heavy atom. The van der Waals surface area contributed by atoms with Crippen LogP contribution >= 0.6 is 0 Å². The first kappa shape index (κ1) is 18.5. The molecule has 1 amide bonds. The average Bonchev–Trinajstić information content (AvgIpc) is 3.05. The van der Waals surface area contributed by atoms with E-state index in [1.54, 1.807) is 4.90 Å². The molecule has 3 rings (SSSR count). The summed E-state index contributed by atoms with van der Waals surface area (Å²) in [6.07, 6.45) is -5.88. The summed E-state index contributed by atoms with van der Waals surface area (Å²) in [4.78, 5) is 18.7. The van der Waals surface area contributed by atoms with E-state index in [9.17, 15) is 18.0 Å². The Kier molecular flexibility index (Phi) is 5.17. The number of hydrazine groups is 1. The van der Waals surface area contributed by atoms with Crippen LogP contribution in [0.1, 0.15) is 11.1 Å². The zero-order valence-corrected chi connectivity index (χ0v) is 13.8. The number of amidine groups is 1. The smallest absolute Gasteiger partial charge is 0.406 e. The number of hydrogen-bond donors (Lipinski definition) is 2. The molecule has 1 aliphatic rings. The topological polar surface area (TPSA) is 89.2 Å². The molecule has 2 aromatic rings. The largest absolute Gasteiger partial charge is 0.573 e. The molecule has 27 heavy (non-hydrogen) atoms. The fraction of sp³-hybridized carbons (Fsp3) is 0.176. The molecule has 0 spiro atoms. The molecule has 1 aliphatic heterocycles. The first-order valence-corrected chi connectivity index (χ1v) is 7.78. The minimum atomic E-state index is -4.78. The number of rotatable bonds is 5. The average molecular weight is 380 g/mol. The zero-order chi connectivity index (χ0) is 19.4. The highest BCUT2D eigenvalue weighted by Crippen LogP contribution is 2.25. The maximum absolute atomic E-state index is 12.3. The van der Waals surface area contributed by atoms with Gasteiger partial charge in [-0.2, -0.15) is 0 Å². The molecule has 0 radical (unpaired) electrons. The molecule has 0 saturated heterocycles. The van der Waals surface area contributed by atoms with Crippen molar-refractivity contribution in [2.75, 3.05) is 0 Å². The Morgan fingerprint density at radius 3 is 2.44 bits per heavy atom. The van der Waals surface area contributed by atoms with Gasteiger partial charge < -0.3 is 14.5 Å². The van der Waals surface area contributed by atoms with E-state index < -0.39 is 18.5 Å². The molecule has 142 valence electrons. The van der Waals surface area contributed by atoms with Crippen LogP contribution in [-0.4, -0.2) is 29.2 Å². The lowest BCUT2D eigenvalue weighted by atomic mass is 10.1. The molecule has 2 aromatic carbocycles. The monoisotopic (exact) mass is 380 g/mol. The van der Waals surface area contributed by atoms with Crippen LogP contribution in [0.25, 0.3) is 0 Å². The Balaban J connectivity index is 1.85. The Morgan fingerprint density at radius 2 is 1.85 bits per heavy atom. The first-order valence-electron chi connectivity index (χ1n) is 7.78. The van der Waals surface area contributed by atoms with E-state index >= 15 is 0 Å². The zero-order valence-electron chi connectivity index (χ0n) is 13.8. The molecule has 0 aromatic heterocycles. The second-order valence-electron chi connectivity index (χ2n) is 5.57. The van der Waals surface area contributed by atoms with Gasteiger partial charge in [0.1, 0.15) is 5.75 Å². The number of halogens is 3. The highest BCUT2D eigenvalue weighted by Gasteiger charge is 2.36. The summed E-state index contributed by atoms with van der Waals surface area (Å²) in [5.41, 5.74) is 3.33. The molecule has 0 saturated carbocycles. The summed E-state index contributed by atoms with van der Waals surface area (Å²) in [7, 11) is 0. The van der Waals surface area contributed by atoms with Gasteiger partial charge >= 0.3 is 6.36 Å². The number of nitrogens with two attached hydrogens (primary N) is 1. The number of alkyl halides is 3. The summed E-state index contributed by atoms with van der Waals surface area (Å²) in [6, 6.07) is 14.3. The number of carbonyl (C=O) groups excluding carboxylic acids is 1. The van der Waals surface area contributed by atoms with Gasteiger partial charge in [-0.1, -0.05) is 35.5 Å². The quantitative estimate of drug-likeness (QED) is 0.471. The molecule has 10 heteroatoms. The number of amides is 1. The molecular formula is C17H15F3N4O3. The van der Waals surface area contributed by atoms with E-state index in [1.165, 1.54) is 12.1 Å². The summed E-state index contributed by atoms with van der Waals surface area (Å²) in [5, 5.41) is 3.90. The SMILES string of the molecule is NNC(=O)C1ON=C(c2ccc(OC(F)(F)F)cc2)N1Cc1ccccc1. The highest BCUT2D eigenvalue weighted by atomic mass is 19.4. The van der Waals surface area contributed by atoms with Gasteiger partial charge in [0.25, 0.3) is 12.1 Å². The van der Waals surface area contributed by atoms with Crippen LogP contribution in [0.4, 0.5) is 13.2 Å². The van der Waals surface area contributed by atoms with E-state index in [0.29, 0.717) is 5.56 Å². The van der Waals surface area contributed by atoms with Crippen LogP contribution in [0.3, 0.4) is 0 Å². The summed E-state index contributed by atoms with van der Waals surface area (Å²) in [5.74, 6) is 4.50. The lowest BCUT2D eigenvalue weighted by molar-refractivity contribution is -0.274. The van der Waals surface area contributed by atoms with Crippen LogP contribution in [-0.2, 0) is 16.2 Å². The predicted octanol–water partition coefficient (Wildman–Crippen LogP) is 2.10. The van der Waals surface area contributed by atoms with Gasteiger partial charge in [-0.25, -0.2) is 5.84 Å². The van der Waals surface area contributed by atoms with Crippen molar-refractivity contribution in [3.8, 4) is 5.75 Å². The molecular weight excluding hydrogens is 365 g/mol. The third kappa shape index (κ3) is 4.47. The number of hydrogen-bond acceptors (Lipinski definition) is 6. The number of carbonyl (C=O) groups is 1. The van der Waals surface area contributed by atoms with E-state index in [4.69, 9.17) is 10.7 Å². The van der Waals surface area contributed by atoms with Gasteiger partial charge in [-0.05, 0) is 29.8 Å². The van der Waals surface area contributed by atoms with Crippen molar-refractivity contribution in [3.63, 3.8) is 0 Å². The molecule has 0 fully saturated rings. The van der Waals surface area contributed by atoms with Crippen molar-refractivity contribution in [3.05, 3.63) is 65.7 Å². The number of ether oxygens (including phenoxy) is 1. The van der Waals surface area contributed by atoms with Crippen molar-refractivity contribution >= 4 is 11.7 Å². The van der Waals surface area contributed by atoms with Gasteiger partial charge in [-0.15, -0.1) is 13.2 Å². The van der Waals surface area contributed by atoms with Gasteiger partial charge in [0.15, 0.2) is 5.84 Å². The maximum Gasteiger partial charge on any atom is 0.573 e. The molecule has 7 nitrogen and oxygen atoms in total. The number of nitrogens with zero attached hydrogens (tertiary/aromatic N) is 2. The van der Waals surface area contributed by atoms with E-state index in [-0.39, 0.29) is 18.1 Å². The van der Waals surface area contributed by atoms with Crippen LogP contribution in [0.5, 0.6) is 5.75 Å². The van der Waals surface area contributed by atoms with Crippen LogP contribution in [0.15, 0.2) is 59.8 Å². The highest BCUT2D eigenvalue weighted by molar-refractivity contribution is 6.01. The van der Waals surface area contributed by atoms with Gasteiger partial charge in [0.2, 0.25) is 0 Å². The number of benzene rings is 2. The van der Waals surface area contributed by atoms with E-state index in [1.807, 2.05) is 35.8 Å². The standard InChI is InChI=1S/C17H15F3N4O3/c18-17(19,20)26-13-8-6-12(7-9-13)14-23-27-16(15(25)22-21)24(14)10-11-4-2-1-3-5-11/h1-9,16H,10,21H2,(H,22,25). The van der Waals surface area contributed by atoms with Crippen LogP contribution in [0.2, 0.25) is 0 Å². The molecule has 1 unspecified atom stereocenters. The van der Waals surface area contributed by atoms with Crippen LogP contribution in [0, 0.1) is 0 Å². The van der Waals surface area contributed by atoms with Gasteiger partial charge in [0, 0.05) is 12.1 Å². The molecule has 1 heterocycles. The predicted molar refractivity (Wildman–Crippen MR) is 88.9 cm³/mol. The Bertz CT molecular complexity index is 826. The number of oxime groups is 1. The van der Waals surface area contributed by atoms with Crippen LogP contribution < -0.4 is 16.0 Å². The summed E-state index contributed by atoms with van der Waals surface area (Å²) >= 11 is 0. The van der Waals surface area contributed by atoms with Crippen molar-refractivity contribution < 1.29 is 27.5 Å². The van der Waals surface area contributed by atoms with Crippen molar-refractivity contribution in [1.29, 1.82) is 0 Å².